The van der Waals surface area contributed by atoms with Crippen molar-refractivity contribution in [3.05, 3.63) is 53.3 Å². The Balaban J connectivity index is 2.17. The first kappa shape index (κ1) is 16.6. The molecule has 2 rings (SSSR count). The SMILES string of the molecule is COc1cc(CNC(=O)c2ccccc2F)cc(OC)c1OC. The van der Waals surface area contributed by atoms with Crippen LogP contribution in [-0.4, -0.2) is 27.2 Å². The van der Waals surface area contributed by atoms with Crippen molar-refractivity contribution >= 4 is 5.91 Å². The van der Waals surface area contributed by atoms with Gasteiger partial charge in [0.15, 0.2) is 11.5 Å². The summed E-state index contributed by atoms with van der Waals surface area (Å²) in [6, 6.07) is 9.27. The summed E-state index contributed by atoms with van der Waals surface area (Å²) in [5.74, 6) is 0.398. The summed E-state index contributed by atoms with van der Waals surface area (Å²) in [6.45, 7) is 0.198. The fraction of sp³-hybridized carbons (Fsp3) is 0.235. The van der Waals surface area contributed by atoms with Gasteiger partial charge in [0.25, 0.3) is 5.91 Å². The number of amides is 1. The van der Waals surface area contributed by atoms with Crippen molar-refractivity contribution in [2.75, 3.05) is 21.3 Å². The van der Waals surface area contributed by atoms with E-state index in [0.717, 1.165) is 5.56 Å². The maximum absolute atomic E-state index is 13.6. The largest absolute Gasteiger partial charge is 0.493 e. The lowest BCUT2D eigenvalue weighted by Gasteiger charge is -2.14. The zero-order chi connectivity index (χ0) is 16.8. The molecule has 6 heteroatoms. The van der Waals surface area contributed by atoms with Crippen molar-refractivity contribution in [1.82, 2.24) is 5.32 Å². The van der Waals surface area contributed by atoms with Gasteiger partial charge in [-0.1, -0.05) is 12.1 Å². The lowest BCUT2D eigenvalue weighted by Crippen LogP contribution is -2.23. The summed E-state index contributed by atoms with van der Waals surface area (Å²) in [7, 11) is 4.54. The summed E-state index contributed by atoms with van der Waals surface area (Å²) in [4.78, 5) is 12.0. The number of carbonyl (C=O) groups excluding carboxylic acids is 1. The number of hydrogen-bond donors (Lipinski definition) is 1. The number of methoxy groups -OCH3 is 3. The van der Waals surface area contributed by atoms with Crippen LogP contribution >= 0.6 is 0 Å². The highest BCUT2D eigenvalue weighted by Gasteiger charge is 2.15. The summed E-state index contributed by atoms with van der Waals surface area (Å²) >= 11 is 0. The number of nitrogens with one attached hydrogen (secondary N) is 1. The van der Waals surface area contributed by atoms with Crippen molar-refractivity contribution in [2.24, 2.45) is 0 Å². The molecule has 0 aliphatic heterocycles. The topological polar surface area (TPSA) is 56.8 Å². The van der Waals surface area contributed by atoms with E-state index in [0.29, 0.717) is 17.2 Å². The van der Waals surface area contributed by atoms with Crippen LogP contribution in [0.2, 0.25) is 0 Å². The Kier molecular flexibility index (Phi) is 5.41. The van der Waals surface area contributed by atoms with Crippen molar-refractivity contribution in [3.63, 3.8) is 0 Å². The van der Waals surface area contributed by atoms with E-state index in [9.17, 15) is 9.18 Å². The Hall–Kier alpha value is -2.76. The van der Waals surface area contributed by atoms with Gasteiger partial charge in [-0.2, -0.15) is 0 Å². The molecule has 0 aromatic heterocycles. The summed E-state index contributed by atoms with van der Waals surface area (Å²) in [5, 5.41) is 2.67. The third-order valence-corrected chi connectivity index (χ3v) is 3.30. The average Bonchev–Trinajstić information content (AvgIpc) is 2.58. The second kappa shape index (κ2) is 7.49. The molecule has 0 saturated heterocycles. The standard InChI is InChI=1S/C17H18FNO4/c1-21-14-8-11(9-15(22-2)16(14)23-3)10-19-17(20)12-6-4-5-7-13(12)18/h4-9H,10H2,1-3H3,(H,19,20). The number of benzene rings is 2. The monoisotopic (exact) mass is 319 g/mol. The number of halogens is 1. The molecule has 122 valence electrons. The van der Waals surface area contributed by atoms with Gasteiger partial charge in [-0.15, -0.1) is 0 Å². The number of rotatable bonds is 6. The van der Waals surface area contributed by atoms with Crippen LogP contribution in [-0.2, 0) is 6.54 Å². The highest BCUT2D eigenvalue weighted by molar-refractivity contribution is 5.94. The molecule has 1 N–H and O–H groups in total. The maximum atomic E-state index is 13.6. The van der Waals surface area contributed by atoms with Crippen LogP contribution < -0.4 is 19.5 Å². The second-order valence-electron chi connectivity index (χ2n) is 4.70. The van der Waals surface area contributed by atoms with Crippen LogP contribution in [0.3, 0.4) is 0 Å². The first-order valence-corrected chi connectivity index (χ1v) is 6.92. The average molecular weight is 319 g/mol. The zero-order valence-electron chi connectivity index (χ0n) is 13.2. The molecular weight excluding hydrogens is 301 g/mol. The van der Waals surface area contributed by atoms with E-state index < -0.39 is 11.7 Å². The van der Waals surface area contributed by atoms with Gasteiger partial charge < -0.3 is 19.5 Å². The molecule has 2 aromatic rings. The Morgan fingerprint density at radius 3 is 2.17 bits per heavy atom. The van der Waals surface area contributed by atoms with Crippen molar-refractivity contribution in [2.45, 2.75) is 6.54 Å². The summed E-state index contributed by atoms with van der Waals surface area (Å²) < 4.78 is 29.3. The third-order valence-electron chi connectivity index (χ3n) is 3.30. The molecule has 0 aliphatic carbocycles. The second-order valence-corrected chi connectivity index (χ2v) is 4.70. The van der Waals surface area contributed by atoms with E-state index in [1.807, 2.05) is 0 Å². The van der Waals surface area contributed by atoms with E-state index in [-0.39, 0.29) is 12.1 Å². The fourth-order valence-corrected chi connectivity index (χ4v) is 2.16. The molecule has 2 aromatic carbocycles. The predicted octanol–water partition coefficient (Wildman–Crippen LogP) is 2.78. The Morgan fingerprint density at radius 1 is 1.04 bits per heavy atom. The molecular formula is C17H18FNO4. The Bertz CT molecular complexity index is 678. The molecule has 23 heavy (non-hydrogen) atoms. The highest BCUT2D eigenvalue weighted by Crippen LogP contribution is 2.38. The van der Waals surface area contributed by atoms with Crippen molar-refractivity contribution < 1.29 is 23.4 Å². The normalized spacial score (nSPS) is 10.1. The molecule has 5 nitrogen and oxygen atoms in total. The summed E-state index contributed by atoms with van der Waals surface area (Å²) in [6.07, 6.45) is 0. The van der Waals surface area contributed by atoms with Gasteiger partial charge in [-0.05, 0) is 29.8 Å². The molecule has 0 atom stereocenters. The molecule has 0 fully saturated rings. The lowest BCUT2D eigenvalue weighted by atomic mass is 10.1. The van der Waals surface area contributed by atoms with E-state index in [2.05, 4.69) is 5.32 Å². The van der Waals surface area contributed by atoms with Gasteiger partial charge >= 0.3 is 0 Å². The Morgan fingerprint density at radius 2 is 1.65 bits per heavy atom. The van der Waals surface area contributed by atoms with Gasteiger partial charge in [0.05, 0.1) is 26.9 Å². The zero-order valence-corrected chi connectivity index (χ0v) is 13.2. The van der Waals surface area contributed by atoms with Crippen LogP contribution in [0.25, 0.3) is 0 Å². The molecule has 0 aliphatic rings. The molecule has 0 unspecified atom stereocenters. The smallest absolute Gasteiger partial charge is 0.254 e. The lowest BCUT2D eigenvalue weighted by molar-refractivity contribution is 0.0947. The van der Waals surface area contributed by atoms with Crippen molar-refractivity contribution in [1.29, 1.82) is 0 Å². The van der Waals surface area contributed by atoms with Gasteiger partial charge in [0.1, 0.15) is 5.82 Å². The molecule has 0 heterocycles. The van der Waals surface area contributed by atoms with E-state index in [4.69, 9.17) is 14.2 Å². The number of carbonyl (C=O) groups is 1. The van der Waals surface area contributed by atoms with Gasteiger partial charge in [0, 0.05) is 6.54 Å². The number of ether oxygens (including phenoxy) is 3. The van der Waals surface area contributed by atoms with Gasteiger partial charge in [-0.25, -0.2) is 4.39 Å². The summed E-state index contributed by atoms with van der Waals surface area (Å²) in [5.41, 5.74) is 0.740. The Labute approximate surface area is 134 Å². The van der Waals surface area contributed by atoms with E-state index >= 15 is 0 Å². The van der Waals surface area contributed by atoms with Crippen LogP contribution in [0.1, 0.15) is 15.9 Å². The van der Waals surface area contributed by atoms with E-state index in [1.165, 1.54) is 39.5 Å². The van der Waals surface area contributed by atoms with E-state index in [1.54, 1.807) is 18.2 Å². The van der Waals surface area contributed by atoms with Crippen LogP contribution in [0.5, 0.6) is 17.2 Å². The molecule has 1 amide bonds. The van der Waals surface area contributed by atoms with Crippen LogP contribution in [0.4, 0.5) is 4.39 Å². The predicted molar refractivity (Wildman–Crippen MR) is 83.7 cm³/mol. The minimum absolute atomic E-state index is 0.0000540. The molecule has 0 radical (unpaired) electrons. The van der Waals surface area contributed by atoms with Crippen molar-refractivity contribution in [3.8, 4) is 17.2 Å². The molecule has 0 saturated carbocycles. The van der Waals surface area contributed by atoms with Crippen LogP contribution in [0, 0.1) is 5.82 Å². The van der Waals surface area contributed by atoms with Gasteiger partial charge in [-0.3, -0.25) is 4.79 Å². The quantitative estimate of drug-likeness (QED) is 0.889. The van der Waals surface area contributed by atoms with Gasteiger partial charge in [0.2, 0.25) is 5.75 Å². The minimum Gasteiger partial charge on any atom is -0.493 e. The third kappa shape index (κ3) is 3.71. The highest BCUT2D eigenvalue weighted by atomic mass is 19.1. The molecule has 0 spiro atoms. The van der Waals surface area contributed by atoms with Crippen LogP contribution in [0.15, 0.2) is 36.4 Å². The maximum Gasteiger partial charge on any atom is 0.254 e. The first-order valence-electron chi connectivity index (χ1n) is 6.92. The fourth-order valence-electron chi connectivity index (χ4n) is 2.16. The minimum atomic E-state index is -0.560. The molecule has 0 bridgehead atoms. The first-order chi connectivity index (χ1) is 11.1. The number of hydrogen-bond acceptors (Lipinski definition) is 4.